The largest absolute Gasteiger partial charge is 0.312 e. The molecule has 0 radical (unpaired) electrons. The summed E-state index contributed by atoms with van der Waals surface area (Å²) in [5, 5.41) is 0. The van der Waals surface area contributed by atoms with E-state index in [1.54, 1.807) is 0 Å². The molecule has 1 atom stereocenters. The third-order valence-corrected chi connectivity index (χ3v) is 3.83. The molecular formula is C13H14BrNO. The summed E-state index contributed by atoms with van der Waals surface area (Å²) in [6.45, 7) is 6.53. The molecule has 0 N–H and O–H groups in total. The minimum Gasteiger partial charge on any atom is -0.312 e. The lowest BCUT2D eigenvalue weighted by atomic mass is 10.1. The molecule has 0 aliphatic carbocycles. The number of carbonyl (C=O) groups excluding carboxylic acids is 1. The minimum atomic E-state index is 0.187. The summed E-state index contributed by atoms with van der Waals surface area (Å²) in [4.78, 5) is 13.6. The molecule has 1 fully saturated rings. The molecule has 0 saturated carbocycles. The molecule has 2 rings (SSSR count). The maximum atomic E-state index is 11.8. The summed E-state index contributed by atoms with van der Waals surface area (Å²) in [5.41, 5.74) is 2.13. The van der Waals surface area contributed by atoms with Crippen molar-refractivity contribution in [2.24, 2.45) is 5.92 Å². The summed E-state index contributed by atoms with van der Waals surface area (Å²) < 4.78 is 1.07. The molecular weight excluding hydrogens is 266 g/mol. The topological polar surface area (TPSA) is 20.3 Å². The van der Waals surface area contributed by atoms with Gasteiger partial charge in [-0.25, -0.2) is 0 Å². The molecule has 0 spiro atoms. The lowest BCUT2D eigenvalue weighted by Gasteiger charge is -2.17. The normalized spacial score (nSPS) is 20.2. The van der Waals surface area contributed by atoms with Gasteiger partial charge in [-0.3, -0.25) is 4.79 Å². The van der Waals surface area contributed by atoms with Crippen LogP contribution in [0.2, 0.25) is 0 Å². The fourth-order valence-electron chi connectivity index (χ4n) is 1.94. The molecule has 3 heteroatoms. The van der Waals surface area contributed by atoms with Gasteiger partial charge in [0.25, 0.3) is 0 Å². The fourth-order valence-corrected chi connectivity index (χ4v) is 2.19. The second-order valence-electron chi connectivity index (χ2n) is 4.14. The van der Waals surface area contributed by atoms with Crippen LogP contribution in [0.3, 0.4) is 0 Å². The van der Waals surface area contributed by atoms with Gasteiger partial charge in [-0.15, -0.1) is 6.58 Å². The number of carbonyl (C=O) groups is 1. The van der Waals surface area contributed by atoms with Gasteiger partial charge < -0.3 is 4.90 Å². The van der Waals surface area contributed by atoms with Crippen LogP contribution in [0.25, 0.3) is 0 Å². The zero-order chi connectivity index (χ0) is 11.7. The van der Waals surface area contributed by atoms with E-state index < -0.39 is 0 Å². The van der Waals surface area contributed by atoms with Gasteiger partial charge in [-0.1, -0.05) is 22.0 Å². The number of rotatable bonds is 2. The van der Waals surface area contributed by atoms with Gasteiger partial charge in [0, 0.05) is 29.0 Å². The molecule has 16 heavy (non-hydrogen) atoms. The van der Waals surface area contributed by atoms with Crippen LogP contribution in [-0.2, 0) is 4.79 Å². The van der Waals surface area contributed by atoms with Crippen LogP contribution in [0.4, 0.5) is 5.69 Å². The number of nitrogens with zero attached hydrogens (tertiary/aromatic N) is 1. The van der Waals surface area contributed by atoms with Crippen molar-refractivity contribution < 1.29 is 4.79 Å². The first-order valence-electron chi connectivity index (χ1n) is 5.31. The van der Waals surface area contributed by atoms with Crippen LogP contribution in [0.15, 0.2) is 35.3 Å². The SMILES string of the molecule is C=CC1CC(=O)N(c2ccc(Br)c(C)c2)C1. The predicted octanol–water partition coefficient (Wildman–Crippen LogP) is 3.30. The summed E-state index contributed by atoms with van der Waals surface area (Å²) in [5.74, 6) is 0.475. The Bertz CT molecular complexity index is 442. The van der Waals surface area contributed by atoms with E-state index >= 15 is 0 Å². The zero-order valence-corrected chi connectivity index (χ0v) is 10.8. The predicted molar refractivity (Wildman–Crippen MR) is 69.5 cm³/mol. The number of benzene rings is 1. The van der Waals surface area contributed by atoms with Crippen LogP contribution < -0.4 is 4.90 Å². The van der Waals surface area contributed by atoms with Crippen LogP contribution in [0, 0.1) is 12.8 Å². The van der Waals surface area contributed by atoms with Crippen molar-refractivity contribution in [3.05, 3.63) is 40.9 Å². The van der Waals surface area contributed by atoms with E-state index in [0.29, 0.717) is 6.42 Å². The minimum absolute atomic E-state index is 0.187. The number of amides is 1. The molecule has 1 amide bonds. The molecule has 0 aromatic heterocycles. The number of anilines is 1. The Morgan fingerprint density at radius 1 is 1.56 bits per heavy atom. The van der Waals surface area contributed by atoms with Crippen LogP contribution in [0.5, 0.6) is 0 Å². The highest BCUT2D eigenvalue weighted by Gasteiger charge is 2.28. The van der Waals surface area contributed by atoms with Gasteiger partial charge in [0.1, 0.15) is 0 Å². The Labute approximate surface area is 104 Å². The molecule has 1 saturated heterocycles. The summed E-state index contributed by atoms with van der Waals surface area (Å²) in [7, 11) is 0. The Kier molecular flexibility index (Phi) is 3.15. The van der Waals surface area contributed by atoms with Crippen molar-refractivity contribution in [2.75, 3.05) is 11.4 Å². The maximum Gasteiger partial charge on any atom is 0.227 e. The van der Waals surface area contributed by atoms with Gasteiger partial charge >= 0.3 is 0 Å². The Morgan fingerprint density at radius 2 is 2.31 bits per heavy atom. The third kappa shape index (κ3) is 2.05. The van der Waals surface area contributed by atoms with Gasteiger partial charge in [0.2, 0.25) is 5.91 Å². The van der Waals surface area contributed by atoms with E-state index in [9.17, 15) is 4.79 Å². The third-order valence-electron chi connectivity index (χ3n) is 2.94. The molecule has 84 valence electrons. The van der Waals surface area contributed by atoms with Gasteiger partial charge in [-0.05, 0) is 30.7 Å². The van der Waals surface area contributed by atoms with Crippen molar-refractivity contribution in [1.82, 2.24) is 0 Å². The van der Waals surface area contributed by atoms with Crippen molar-refractivity contribution in [2.45, 2.75) is 13.3 Å². The second-order valence-corrected chi connectivity index (χ2v) is 4.99. The zero-order valence-electron chi connectivity index (χ0n) is 9.24. The average Bonchev–Trinajstić information content (AvgIpc) is 2.64. The molecule has 2 nitrogen and oxygen atoms in total. The maximum absolute atomic E-state index is 11.8. The van der Waals surface area contributed by atoms with E-state index in [1.165, 1.54) is 0 Å². The number of aryl methyl sites for hydroxylation is 1. The van der Waals surface area contributed by atoms with Gasteiger partial charge in [0.15, 0.2) is 0 Å². The number of hydrogen-bond acceptors (Lipinski definition) is 1. The van der Waals surface area contributed by atoms with E-state index in [4.69, 9.17) is 0 Å². The standard InChI is InChI=1S/C13H14BrNO/c1-3-10-7-13(16)15(8-10)11-4-5-12(14)9(2)6-11/h3-6,10H,1,7-8H2,2H3. The van der Waals surface area contributed by atoms with Crippen molar-refractivity contribution in [3.63, 3.8) is 0 Å². The first-order valence-corrected chi connectivity index (χ1v) is 6.10. The van der Waals surface area contributed by atoms with E-state index in [-0.39, 0.29) is 11.8 Å². The molecule has 1 unspecified atom stereocenters. The lowest BCUT2D eigenvalue weighted by molar-refractivity contribution is -0.117. The van der Waals surface area contributed by atoms with Crippen molar-refractivity contribution >= 4 is 27.5 Å². The molecule has 1 aliphatic rings. The molecule has 0 bridgehead atoms. The molecule has 1 aromatic rings. The van der Waals surface area contributed by atoms with E-state index in [0.717, 1.165) is 22.3 Å². The van der Waals surface area contributed by atoms with Gasteiger partial charge in [-0.2, -0.15) is 0 Å². The fraction of sp³-hybridized carbons (Fsp3) is 0.308. The number of halogens is 1. The van der Waals surface area contributed by atoms with E-state index in [1.807, 2.05) is 36.1 Å². The summed E-state index contributed by atoms with van der Waals surface area (Å²) >= 11 is 3.46. The molecule has 1 aromatic carbocycles. The summed E-state index contributed by atoms with van der Waals surface area (Å²) in [6, 6.07) is 5.99. The quantitative estimate of drug-likeness (QED) is 0.761. The highest BCUT2D eigenvalue weighted by molar-refractivity contribution is 9.10. The average molecular weight is 280 g/mol. The molecule has 1 aliphatic heterocycles. The monoisotopic (exact) mass is 279 g/mol. The Hall–Kier alpha value is -1.09. The van der Waals surface area contributed by atoms with Crippen LogP contribution in [-0.4, -0.2) is 12.5 Å². The Balaban J connectivity index is 2.27. The van der Waals surface area contributed by atoms with Crippen LogP contribution >= 0.6 is 15.9 Å². The van der Waals surface area contributed by atoms with E-state index in [2.05, 4.69) is 22.5 Å². The van der Waals surface area contributed by atoms with Gasteiger partial charge in [0.05, 0.1) is 0 Å². The summed E-state index contributed by atoms with van der Waals surface area (Å²) in [6.07, 6.45) is 2.45. The molecule has 1 heterocycles. The van der Waals surface area contributed by atoms with Crippen molar-refractivity contribution in [1.29, 1.82) is 0 Å². The van der Waals surface area contributed by atoms with Crippen molar-refractivity contribution in [3.8, 4) is 0 Å². The first-order chi connectivity index (χ1) is 7.61. The Morgan fingerprint density at radius 3 is 2.88 bits per heavy atom. The highest BCUT2D eigenvalue weighted by Crippen LogP contribution is 2.28. The van der Waals surface area contributed by atoms with Crippen LogP contribution in [0.1, 0.15) is 12.0 Å². The first kappa shape index (κ1) is 11.4. The smallest absolute Gasteiger partial charge is 0.227 e. The highest BCUT2D eigenvalue weighted by atomic mass is 79.9. The lowest BCUT2D eigenvalue weighted by Crippen LogP contribution is -2.24. The second kappa shape index (κ2) is 4.42. The number of hydrogen-bond donors (Lipinski definition) is 0.